The average Bonchev–Trinajstić information content (AvgIpc) is 2.97. The Morgan fingerprint density at radius 2 is 1.60 bits per heavy atom. The van der Waals surface area contributed by atoms with Gasteiger partial charge in [-0.2, -0.15) is 0 Å². The van der Waals surface area contributed by atoms with Gasteiger partial charge in [0.1, 0.15) is 17.9 Å². The molecule has 1 aromatic heterocycles. The number of amides is 1. The fraction of sp³-hybridized carbons (Fsp3) is 0.233. The third kappa shape index (κ3) is 10.4. The summed E-state index contributed by atoms with van der Waals surface area (Å²) in [5, 5.41) is 5.85. The molecule has 0 aliphatic heterocycles. The molecule has 0 spiro atoms. The third-order valence-electron chi connectivity index (χ3n) is 5.80. The number of nitrogens with zero attached hydrogens (tertiary/aromatic N) is 2. The van der Waals surface area contributed by atoms with Crippen LogP contribution in [-0.4, -0.2) is 55.2 Å². The van der Waals surface area contributed by atoms with E-state index in [1.165, 1.54) is 36.2 Å². The van der Waals surface area contributed by atoms with Crippen molar-refractivity contribution in [2.24, 2.45) is 0 Å². The molecule has 2 N–H and O–H groups in total. The smallest absolute Gasteiger partial charge is 0.406 e. The molecule has 0 unspecified atom stereocenters. The molecule has 0 atom stereocenters. The Labute approximate surface area is 249 Å². The SMILES string of the molecule is O=C(NCCOCCOCCc1ccc(Br)cc1)c1cccc(-c2cc(Nc3ccc(OC(F)(F)F)cc3)ncn2)c1. The molecule has 42 heavy (non-hydrogen) atoms. The predicted octanol–water partition coefficient (Wildman–Crippen LogP) is 6.55. The van der Waals surface area contributed by atoms with Gasteiger partial charge in [-0.3, -0.25) is 4.79 Å². The first kappa shape index (κ1) is 30.9. The minimum absolute atomic E-state index is 0.250. The molecule has 0 saturated carbocycles. The van der Waals surface area contributed by atoms with Gasteiger partial charge in [0.15, 0.2) is 0 Å². The number of benzene rings is 3. The summed E-state index contributed by atoms with van der Waals surface area (Å²) in [6.07, 6.45) is -2.58. The normalized spacial score (nSPS) is 11.2. The Morgan fingerprint density at radius 1 is 0.857 bits per heavy atom. The first-order chi connectivity index (χ1) is 20.2. The molecule has 3 aromatic carbocycles. The van der Waals surface area contributed by atoms with Gasteiger partial charge in [0.25, 0.3) is 5.91 Å². The summed E-state index contributed by atoms with van der Waals surface area (Å²) in [7, 11) is 0. The van der Waals surface area contributed by atoms with Gasteiger partial charge in [-0.05, 0) is 60.5 Å². The molecule has 12 heteroatoms. The number of anilines is 2. The van der Waals surface area contributed by atoms with E-state index in [-0.39, 0.29) is 11.7 Å². The number of carbonyl (C=O) groups excluding carboxylic acids is 1. The van der Waals surface area contributed by atoms with Crippen LogP contribution in [0.3, 0.4) is 0 Å². The van der Waals surface area contributed by atoms with E-state index in [1.54, 1.807) is 24.3 Å². The van der Waals surface area contributed by atoms with E-state index in [0.717, 1.165) is 10.9 Å². The maximum Gasteiger partial charge on any atom is 0.573 e. The highest BCUT2D eigenvalue weighted by molar-refractivity contribution is 9.10. The Kier molecular flexibility index (Phi) is 11.3. The minimum Gasteiger partial charge on any atom is -0.406 e. The van der Waals surface area contributed by atoms with Crippen molar-refractivity contribution in [2.75, 3.05) is 38.3 Å². The van der Waals surface area contributed by atoms with Crippen molar-refractivity contribution in [3.63, 3.8) is 0 Å². The Morgan fingerprint density at radius 3 is 2.33 bits per heavy atom. The second kappa shape index (κ2) is 15.3. The van der Waals surface area contributed by atoms with Crippen LogP contribution in [0.4, 0.5) is 24.7 Å². The zero-order chi connectivity index (χ0) is 29.8. The summed E-state index contributed by atoms with van der Waals surface area (Å²) < 4.78 is 53.2. The van der Waals surface area contributed by atoms with Crippen molar-refractivity contribution in [3.8, 4) is 17.0 Å². The van der Waals surface area contributed by atoms with E-state index in [0.29, 0.717) is 61.3 Å². The largest absolute Gasteiger partial charge is 0.573 e. The number of ether oxygens (including phenoxy) is 3. The maximum absolute atomic E-state index is 12.7. The highest BCUT2D eigenvalue weighted by atomic mass is 79.9. The fourth-order valence-electron chi connectivity index (χ4n) is 3.79. The lowest BCUT2D eigenvalue weighted by atomic mass is 10.1. The zero-order valence-corrected chi connectivity index (χ0v) is 24.0. The number of alkyl halides is 3. The molecule has 0 radical (unpaired) electrons. The molecular weight excluding hydrogens is 617 g/mol. The van der Waals surface area contributed by atoms with Crippen LogP contribution in [0, 0.1) is 0 Å². The van der Waals surface area contributed by atoms with Crippen molar-refractivity contribution < 1.29 is 32.2 Å². The van der Waals surface area contributed by atoms with Gasteiger partial charge < -0.3 is 24.8 Å². The Balaban J connectivity index is 1.19. The molecule has 1 amide bonds. The number of hydrogen-bond acceptors (Lipinski definition) is 7. The lowest BCUT2D eigenvalue weighted by Crippen LogP contribution is -2.27. The number of aromatic nitrogens is 2. The third-order valence-corrected chi connectivity index (χ3v) is 6.33. The number of hydrogen-bond donors (Lipinski definition) is 2. The van der Waals surface area contributed by atoms with Crippen LogP contribution in [0.1, 0.15) is 15.9 Å². The first-order valence-corrected chi connectivity index (χ1v) is 13.8. The molecule has 0 bridgehead atoms. The monoisotopic (exact) mass is 644 g/mol. The predicted molar refractivity (Wildman–Crippen MR) is 156 cm³/mol. The lowest BCUT2D eigenvalue weighted by Gasteiger charge is -2.11. The number of nitrogens with one attached hydrogen (secondary N) is 2. The van der Waals surface area contributed by atoms with Crippen molar-refractivity contribution in [3.05, 3.63) is 101 Å². The van der Waals surface area contributed by atoms with Gasteiger partial charge in [-0.1, -0.05) is 40.2 Å². The summed E-state index contributed by atoms with van der Waals surface area (Å²) in [6.45, 7) is 2.21. The van der Waals surface area contributed by atoms with Gasteiger partial charge in [0, 0.05) is 33.9 Å². The first-order valence-electron chi connectivity index (χ1n) is 13.0. The van der Waals surface area contributed by atoms with Gasteiger partial charge in [-0.15, -0.1) is 13.2 Å². The van der Waals surface area contributed by atoms with Crippen LogP contribution in [0.15, 0.2) is 89.7 Å². The topological polar surface area (TPSA) is 94.6 Å². The Hall–Kier alpha value is -4.00. The van der Waals surface area contributed by atoms with Gasteiger partial charge in [-0.25, -0.2) is 9.97 Å². The maximum atomic E-state index is 12.7. The second-order valence-electron chi connectivity index (χ2n) is 8.92. The van der Waals surface area contributed by atoms with Crippen LogP contribution in [0.2, 0.25) is 0 Å². The van der Waals surface area contributed by atoms with Crippen LogP contribution < -0.4 is 15.4 Å². The standard InChI is InChI=1S/C30H28BrF3N4O4/c31-24-6-4-21(5-7-24)12-14-40-16-17-41-15-13-35-29(39)23-3-1-2-22(18-23)27-19-28(37-20-36-27)38-25-8-10-26(11-9-25)42-30(32,33)34/h1-11,18-20H,12-17H2,(H,35,39)(H,36,37,38). The molecule has 0 aliphatic rings. The summed E-state index contributed by atoms with van der Waals surface area (Å²) in [5.41, 5.74) is 3.42. The fourth-order valence-corrected chi connectivity index (χ4v) is 4.06. The van der Waals surface area contributed by atoms with E-state index in [2.05, 4.69) is 53.4 Å². The van der Waals surface area contributed by atoms with Crippen LogP contribution in [0.25, 0.3) is 11.3 Å². The van der Waals surface area contributed by atoms with Crippen molar-refractivity contribution in [1.29, 1.82) is 0 Å². The number of carbonyl (C=O) groups is 1. The molecular formula is C30H28BrF3N4O4. The molecule has 4 rings (SSSR count). The molecule has 8 nitrogen and oxygen atoms in total. The van der Waals surface area contributed by atoms with Crippen LogP contribution in [-0.2, 0) is 15.9 Å². The quantitative estimate of drug-likeness (QED) is 0.150. The summed E-state index contributed by atoms with van der Waals surface area (Å²) in [4.78, 5) is 21.1. The zero-order valence-electron chi connectivity index (χ0n) is 22.4. The molecule has 0 aliphatic carbocycles. The number of rotatable bonds is 14. The van der Waals surface area contributed by atoms with E-state index in [9.17, 15) is 18.0 Å². The summed E-state index contributed by atoms with van der Waals surface area (Å²) >= 11 is 3.42. The van der Waals surface area contributed by atoms with Crippen molar-refractivity contribution in [2.45, 2.75) is 12.8 Å². The van der Waals surface area contributed by atoms with Crippen molar-refractivity contribution >= 4 is 33.3 Å². The molecule has 0 fully saturated rings. The molecule has 0 saturated heterocycles. The van der Waals surface area contributed by atoms with Crippen molar-refractivity contribution in [1.82, 2.24) is 15.3 Å². The highest BCUT2D eigenvalue weighted by Gasteiger charge is 2.30. The van der Waals surface area contributed by atoms with Gasteiger partial charge in [0.05, 0.1) is 32.1 Å². The molecule has 4 aromatic rings. The van der Waals surface area contributed by atoms with E-state index >= 15 is 0 Å². The average molecular weight is 645 g/mol. The lowest BCUT2D eigenvalue weighted by molar-refractivity contribution is -0.274. The van der Waals surface area contributed by atoms with Gasteiger partial charge >= 0.3 is 6.36 Å². The summed E-state index contributed by atoms with van der Waals surface area (Å²) in [5.74, 6) is -0.149. The minimum atomic E-state index is -4.76. The second-order valence-corrected chi connectivity index (χ2v) is 9.84. The van der Waals surface area contributed by atoms with E-state index in [4.69, 9.17) is 9.47 Å². The van der Waals surface area contributed by atoms with Gasteiger partial charge in [0.2, 0.25) is 0 Å². The Bertz CT molecular complexity index is 1440. The number of halogens is 4. The van der Waals surface area contributed by atoms with E-state index < -0.39 is 6.36 Å². The highest BCUT2D eigenvalue weighted by Crippen LogP contribution is 2.26. The van der Waals surface area contributed by atoms with Crippen LogP contribution >= 0.6 is 15.9 Å². The molecule has 220 valence electrons. The van der Waals surface area contributed by atoms with Crippen LogP contribution in [0.5, 0.6) is 5.75 Å². The van der Waals surface area contributed by atoms with E-state index in [1.807, 2.05) is 18.2 Å². The summed E-state index contributed by atoms with van der Waals surface area (Å²) in [6, 6.07) is 22.0. The molecule has 1 heterocycles.